The van der Waals surface area contributed by atoms with Crippen molar-refractivity contribution in [3.8, 4) is 0 Å². The maximum atomic E-state index is 12.7. The van der Waals surface area contributed by atoms with Crippen LogP contribution in [0.5, 0.6) is 0 Å². The number of ether oxygens (including phenoxy) is 1. The lowest BCUT2D eigenvalue weighted by atomic mass is 10.0. The minimum Gasteiger partial charge on any atom is -0.380 e. The summed E-state index contributed by atoms with van der Waals surface area (Å²) in [4.78, 5) is 0. The highest BCUT2D eigenvalue weighted by Crippen LogP contribution is 2.59. The van der Waals surface area contributed by atoms with Gasteiger partial charge in [0.2, 0.25) is 10.0 Å². The van der Waals surface area contributed by atoms with Crippen LogP contribution in [0.25, 0.3) is 0 Å². The molecule has 2 unspecified atom stereocenters. The minimum atomic E-state index is -3.28. The summed E-state index contributed by atoms with van der Waals surface area (Å²) in [6.45, 7) is 9.04. The fraction of sp³-hybridized carbons (Fsp3) is 0.857. The van der Waals surface area contributed by atoms with Crippen LogP contribution in [0.15, 0.2) is 12.7 Å². The predicted octanol–water partition coefficient (Wildman–Crippen LogP) is 2.31. The van der Waals surface area contributed by atoms with Crippen LogP contribution >= 0.6 is 0 Å². The first kappa shape index (κ1) is 15.0. The fourth-order valence-electron chi connectivity index (χ4n) is 3.34. The summed E-state index contributed by atoms with van der Waals surface area (Å²) >= 11 is 0. The maximum Gasteiger partial charge on any atom is 0.220 e. The van der Waals surface area contributed by atoms with E-state index >= 15 is 0 Å². The highest BCUT2D eigenvalue weighted by atomic mass is 32.2. The molecule has 19 heavy (non-hydrogen) atoms. The molecule has 2 aliphatic rings. The molecule has 1 saturated heterocycles. The highest BCUT2D eigenvalue weighted by molar-refractivity contribution is 7.90. The Morgan fingerprint density at radius 3 is 2.58 bits per heavy atom. The van der Waals surface area contributed by atoms with Gasteiger partial charge in [-0.1, -0.05) is 6.08 Å². The molecule has 110 valence electrons. The Hall–Kier alpha value is -0.390. The number of hydrogen-bond acceptors (Lipinski definition) is 3. The molecule has 2 fully saturated rings. The summed E-state index contributed by atoms with van der Waals surface area (Å²) in [6, 6.07) is 0.0293. The molecule has 0 aromatic heterocycles. The number of piperidine rings is 1. The summed E-state index contributed by atoms with van der Waals surface area (Å²) in [6.07, 6.45) is 5.47. The summed E-state index contributed by atoms with van der Waals surface area (Å²) in [5.41, 5.74) is -0.207. The SMILES string of the molecule is C=CCC[C@]12CC[C@@H](OC)C1N2S(=O)(=O)C(C)(C)C. The molecule has 5 heteroatoms. The Kier molecular flexibility index (Phi) is 3.61. The molecule has 0 bridgehead atoms. The van der Waals surface area contributed by atoms with Gasteiger partial charge in [-0.25, -0.2) is 8.42 Å². The second-order valence-corrected chi connectivity index (χ2v) is 9.17. The van der Waals surface area contributed by atoms with Gasteiger partial charge in [0.05, 0.1) is 22.4 Å². The van der Waals surface area contributed by atoms with Gasteiger partial charge in [0.1, 0.15) is 0 Å². The van der Waals surface area contributed by atoms with Gasteiger partial charge in [-0.15, -0.1) is 6.58 Å². The van der Waals surface area contributed by atoms with Crippen LogP contribution in [0, 0.1) is 0 Å². The molecule has 1 aliphatic heterocycles. The van der Waals surface area contributed by atoms with E-state index in [1.807, 2.05) is 6.08 Å². The van der Waals surface area contributed by atoms with E-state index in [0.717, 1.165) is 25.7 Å². The molecule has 0 radical (unpaired) electrons. The van der Waals surface area contributed by atoms with Gasteiger partial charge in [-0.05, 0) is 46.5 Å². The quantitative estimate of drug-likeness (QED) is 0.576. The highest BCUT2D eigenvalue weighted by Gasteiger charge is 2.74. The molecule has 1 heterocycles. The average Bonchev–Trinajstić information content (AvgIpc) is 2.84. The number of hydrogen-bond donors (Lipinski definition) is 0. The number of allylic oxidation sites excluding steroid dienone is 1. The largest absolute Gasteiger partial charge is 0.380 e. The van der Waals surface area contributed by atoms with Crippen molar-refractivity contribution in [1.82, 2.24) is 4.31 Å². The van der Waals surface area contributed by atoms with Crippen LogP contribution in [-0.4, -0.2) is 42.3 Å². The Morgan fingerprint density at radius 1 is 1.47 bits per heavy atom. The lowest BCUT2D eigenvalue weighted by Gasteiger charge is -2.25. The first-order valence-electron chi connectivity index (χ1n) is 6.90. The van der Waals surface area contributed by atoms with Crippen molar-refractivity contribution < 1.29 is 13.2 Å². The smallest absolute Gasteiger partial charge is 0.220 e. The summed E-state index contributed by atoms with van der Waals surface area (Å²) < 4.78 is 31.9. The number of sulfonamides is 1. The van der Waals surface area contributed by atoms with Crippen LogP contribution in [-0.2, 0) is 14.8 Å². The average molecular weight is 287 g/mol. The molecule has 0 aromatic rings. The Bertz CT molecular complexity index is 466. The summed E-state index contributed by atoms with van der Waals surface area (Å²) in [7, 11) is -1.60. The molecule has 0 amide bonds. The molecule has 0 N–H and O–H groups in total. The van der Waals surface area contributed by atoms with E-state index in [9.17, 15) is 8.42 Å². The van der Waals surface area contributed by atoms with Crippen LogP contribution in [0.2, 0.25) is 0 Å². The van der Waals surface area contributed by atoms with Crippen molar-refractivity contribution in [3.05, 3.63) is 12.7 Å². The lowest BCUT2D eigenvalue weighted by Crippen LogP contribution is -2.39. The molecule has 1 saturated carbocycles. The van der Waals surface area contributed by atoms with Crippen LogP contribution in [0.3, 0.4) is 0 Å². The van der Waals surface area contributed by atoms with E-state index < -0.39 is 14.8 Å². The summed E-state index contributed by atoms with van der Waals surface area (Å²) in [5, 5.41) is 0. The zero-order valence-corrected chi connectivity index (χ0v) is 13.2. The van der Waals surface area contributed by atoms with E-state index in [0.29, 0.717) is 0 Å². The molecule has 4 atom stereocenters. The van der Waals surface area contributed by atoms with Gasteiger partial charge in [0, 0.05) is 7.11 Å². The van der Waals surface area contributed by atoms with E-state index in [4.69, 9.17) is 4.74 Å². The standard InChI is InChI=1S/C14H25NO3S/c1-6-7-9-14-10-8-11(18-5)12(14)15(14)19(16,17)13(2,3)4/h6,11-12H,1,7-10H2,2-5H3/t11-,12?,14+,15?/m1/s1. The Balaban J connectivity index is 2.30. The molecule has 0 spiro atoms. The van der Waals surface area contributed by atoms with Gasteiger partial charge < -0.3 is 4.74 Å². The number of methoxy groups -OCH3 is 1. The first-order chi connectivity index (χ1) is 8.72. The minimum absolute atomic E-state index is 0.0293. The Morgan fingerprint density at radius 2 is 2.11 bits per heavy atom. The Labute approximate surface area is 116 Å². The topological polar surface area (TPSA) is 46.4 Å². The van der Waals surface area contributed by atoms with Crippen LogP contribution in [0.1, 0.15) is 46.5 Å². The van der Waals surface area contributed by atoms with E-state index in [1.54, 1.807) is 32.2 Å². The van der Waals surface area contributed by atoms with Crippen molar-refractivity contribution >= 4 is 10.0 Å². The van der Waals surface area contributed by atoms with Gasteiger partial charge in [-0.2, -0.15) is 4.31 Å². The third-order valence-corrected chi connectivity index (χ3v) is 7.16. The van der Waals surface area contributed by atoms with Gasteiger partial charge in [-0.3, -0.25) is 0 Å². The summed E-state index contributed by atoms with van der Waals surface area (Å²) in [5.74, 6) is 0. The monoisotopic (exact) mass is 287 g/mol. The third kappa shape index (κ3) is 2.06. The van der Waals surface area contributed by atoms with Gasteiger partial charge in [0.25, 0.3) is 0 Å². The van der Waals surface area contributed by atoms with E-state index in [-0.39, 0.29) is 17.7 Å². The zero-order chi connectivity index (χ0) is 14.5. The van der Waals surface area contributed by atoms with Crippen molar-refractivity contribution in [2.75, 3.05) is 7.11 Å². The fourth-order valence-corrected chi connectivity index (χ4v) is 5.28. The lowest BCUT2D eigenvalue weighted by molar-refractivity contribution is 0.0960. The normalized spacial score (nSPS) is 38.0. The van der Waals surface area contributed by atoms with Crippen molar-refractivity contribution in [1.29, 1.82) is 0 Å². The van der Waals surface area contributed by atoms with Crippen LogP contribution < -0.4 is 0 Å². The van der Waals surface area contributed by atoms with Crippen LogP contribution in [0.4, 0.5) is 0 Å². The van der Waals surface area contributed by atoms with Crippen molar-refractivity contribution in [3.63, 3.8) is 0 Å². The molecular formula is C14H25NO3S. The second-order valence-electron chi connectivity index (χ2n) is 6.60. The molecule has 0 aromatic carbocycles. The van der Waals surface area contributed by atoms with E-state index in [2.05, 4.69) is 6.58 Å². The first-order valence-corrected chi connectivity index (χ1v) is 8.34. The third-order valence-electron chi connectivity index (χ3n) is 4.51. The number of rotatable bonds is 5. The van der Waals surface area contributed by atoms with E-state index in [1.165, 1.54) is 0 Å². The molecule has 4 nitrogen and oxygen atoms in total. The molecule has 1 aliphatic carbocycles. The zero-order valence-electron chi connectivity index (χ0n) is 12.3. The molecule has 2 rings (SSSR count). The molecular weight excluding hydrogens is 262 g/mol. The predicted molar refractivity (Wildman–Crippen MR) is 76.5 cm³/mol. The van der Waals surface area contributed by atoms with Gasteiger partial charge in [0.15, 0.2) is 0 Å². The number of nitrogens with zero attached hydrogens (tertiary/aromatic N) is 1. The van der Waals surface area contributed by atoms with Crippen molar-refractivity contribution in [2.24, 2.45) is 0 Å². The second kappa shape index (κ2) is 4.57. The number of fused-ring (bicyclic) bond motifs is 1. The van der Waals surface area contributed by atoms with Gasteiger partial charge >= 0.3 is 0 Å². The maximum absolute atomic E-state index is 12.7. The van der Waals surface area contributed by atoms with Crippen molar-refractivity contribution in [2.45, 2.75) is 68.9 Å².